The number of aliphatic imine (C=N–C) groups is 1. The Morgan fingerprint density at radius 1 is 1.35 bits per heavy atom. The fourth-order valence-electron chi connectivity index (χ4n) is 1.44. The van der Waals surface area contributed by atoms with Crippen LogP contribution in [0.15, 0.2) is 34.2 Å². The van der Waals surface area contributed by atoms with Crippen molar-refractivity contribution in [2.45, 2.75) is 23.8 Å². The number of benzene rings is 1. The van der Waals surface area contributed by atoms with Crippen LogP contribution < -0.4 is 11.3 Å². The zero-order valence-electron chi connectivity index (χ0n) is 9.55. The SMILES string of the molecule is CS(=O)(=O)c1ccc(C(=NC2CC2)NN)cc1. The van der Waals surface area contributed by atoms with Crippen LogP contribution in [-0.2, 0) is 9.84 Å². The van der Waals surface area contributed by atoms with E-state index in [0.717, 1.165) is 18.4 Å². The average Bonchev–Trinajstić information content (AvgIpc) is 3.09. The van der Waals surface area contributed by atoms with Gasteiger partial charge in [-0.25, -0.2) is 14.3 Å². The summed E-state index contributed by atoms with van der Waals surface area (Å²) in [6, 6.07) is 6.89. The lowest BCUT2D eigenvalue weighted by molar-refractivity contribution is 0.602. The van der Waals surface area contributed by atoms with Crippen molar-refractivity contribution in [3.63, 3.8) is 0 Å². The maximum absolute atomic E-state index is 11.3. The van der Waals surface area contributed by atoms with Gasteiger partial charge in [-0.2, -0.15) is 0 Å². The Labute approximate surface area is 101 Å². The van der Waals surface area contributed by atoms with Gasteiger partial charge >= 0.3 is 0 Å². The molecule has 6 heteroatoms. The molecule has 2 rings (SSSR count). The number of nitrogens with two attached hydrogens (primary N) is 1. The van der Waals surface area contributed by atoms with E-state index in [1.165, 1.54) is 6.26 Å². The molecule has 17 heavy (non-hydrogen) atoms. The number of hydrogen-bond acceptors (Lipinski definition) is 4. The lowest BCUT2D eigenvalue weighted by atomic mass is 10.2. The van der Waals surface area contributed by atoms with E-state index in [1.807, 2.05) is 0 Å². The molecule has 1 aliphatic carbocycles. The molecule has 0 bridgehead atoms. The van der Waals surface area contributed by atoms with Gasteiger partial charge < -0.3 is 5.43 Å². The minimum Gasteiger partial charge on any atom is -0.308 e. The van der Waals surface area contributed by atoms with Crippen LogP contribution in [0.4, 0.5) is 0 Å². The average molecular weight is 253 g/mol. The molecule has 0 aromatic heterocycles. The number of sulfone groups is 1. The van der Waals surface area contributed by atoms with Gasteiger partial charge in [-0.05, 0) is 37.1 Å². The zero-order valence-corrected chi connectivity index (χ0v) is 10.4. The number of hydrogen-bond donors (Lipinski definition) is 2. The van der Waals surface area contributed by atoms with E-state index in [2.05, 4.69) is 10.4 Å². The molecule has 0 unspecified atom stereocenters. The topological polar surface area (TPSA) is 84.5 Å². The van der Waals surface area contributed by atoms with Crippen molar-refractivity contribution < 1.29 is 8.42 Å². The summed E-state index contributed by atoms with van der Waals surface area (Å²) in [5, 5.41) is 0. The van der Waals surface area contributed by atoms with Gasteiger partial charge in [-0.3, -0.25) is 4.99 Å². The van der Waals surface area contributed by atoms with Crippen molar-refractivity contribution >= 4 is 15.7 Å². The lowest BCUT2D eigenvalue weighted by Gasteiger charge is -2.06. The van der Waals surface area contributed by atoms with E-state index in [-0.39, 0.29) is 0 Å². The van der Waals surface area contributed by atoms with Gasteiger partial charge in [0.1, 0.15) is 5.84 Å². The molecule has 5 nitrogen and oxygen atoms in total. The van der Waals surface area contributed by atoms with Gasteiger partial charge in [0.2, 0.25) is 0 Å². The molecule has 0 heterocycles. The Morgan fingerprint density at radius 3 is 2.35 bits per heavy atom. The fourth-order valence-corrected chi connectivity index (χ4v) is 2.07. The number of hydrazine groups is 1. The molecular formula is C11H15N3O2S. The molecule has 1 saturated carbocycles. The van der Waals surface area contributed by atoms with Crippen LogP contribution in [0, 0.1) is 0 Å². The van der Waals surface area contributed by atoms with E-state index in [4.69, 9.17) is 5.84 Å². The van der Waals surface area contributed by atoms with Gasteiger partial charge in [-0.1, -0.05) is 0 Å². The third kappa shape index (κ3) is 3.04. The largest absolute Gasteiger partial charge is 0.308 e. The van der Waals surface area contributed by atoms with Gasteiger partial charge in [0.05, 0.1) is 10.9 Å². The van der Waals surface area contributed by atoms with Gasteiger partial charge in [0.25, 0.3) is 0 Å². The molecule has 1 aromatic carbocycles. The maximum Gasteiger partial charge on any atom is 0.175 e. The minimum atomic E-state index is -3.15. The van der Waals surface area contributed by atoms with E-state index in [9.17, 15) is 8.42 Å². The number of rotatable bonds is 3. The summed E-state index contributed by atoms with van der Waals surface area (Å²) < 4.78 is 22.6. The third-order valence-electron chi connectivity index (χ3n) is 2.55. The minimum absolute atomic E-state index is 0.295. The van der Waals surface area contributed by atoms with Crippen LogP contribution in [0.5, 0.6) is 0 Å². The second kappa shape index (κ2) is 4.46. The predicted molar refractivity (Wildman–Crippen MR) is 66.4 cm³/mol. The Hall–Kier alpha value is -1.40. The summed E-state index contributed by atoms with van der Waals surface area (Å²) in [6.07, 6.45) is 3.36. The second-order valence-corrected chi connectivity index (χ2v) is 6.17. The number of amidine groups is 1. The normalized spacial score (nSPS) is 16.9. The molecule has 0 saturated heterocycles. The maximum atomic E-state index is 11.3. The Bertz CT molecular complexity index is 530. The smallest absolute Gasteiger partial charge is 0.175 e. The summed E-state index contributed by atoms with van der Waals surface area (Å²) in [5.74, 6) is 6.01. The fraction of sp³-hybridized carbons (Fsp3) is 0.364. The first kappa shape index (κ1) is 12.1. The molecule has 0 amide bonds. The summed E-state index contributed by atoms with van der Waals surface area (Å²) in [6.45, 7) is 0. The van der Waals surface area contributed by atoms with Gasteiger partial charge in [0, 0.05) is 11.8 Å². The molecule has 0 aliphatic heterocycles. The first-order valence-electron chi connectivity index (χ1n) is 5.35. The van der Waals surface area contributed by atoms with Crippen LogP contribution in [0.25, 0.3) is 0 Å². The molecule has 0 spiro atoms. The summed E-state index contributed by atoms with van der Waals surface area (Å²) >= 11 is 0. The molecule has 0 radical (unpaired) electrons. The molecule has 1 aromatic rings. The van der Waals surface area contributed by atoms with E-state index >= 15 is 0 Å². The molecule has 1 aliphatic rings. The Kier molecular flexibility index (Phi) is 3.17. The lowest BCUT2D eigenvalue weighted by Crippen LogP contribution is -2.31. The van der Waals surface area contributed by atoms with Crippen LogP contribution in [0.1, 0.15) is 18.4 Å². The number of nitrogens with one attached hydrogen (secondary N) is 1. The third-order valence-corrected chi connectivity index (χ3v) is 3.68. The molecule has 92 valence electrons. The zero-order chi connectivity index (χ0) is 12.5. The quantitative estimate of drug-likeness (QED) is 0.355. The summed E-state index contributed by atoms with van der Waals surface area (Å²) in [7, 11) is -3.15. The van der Waals surface area contributed by atoms with Crippen molar-refractivity contribution in [3.05, 3.63) is 29.8 Å². The van der Waals surface area contributed by atoms with Crippen LogP contribution in [0.3, 0.4) is 0 Å². The second-order valence-electron chi connectivity index (χ2n) is 4.15. The highest BCUT2D eigenvalue weighted by atomic mass is 32.2. The first-order chi connectivity index (χ1) is 8.00. The van der Waals surface area contributed by atoms with Crippen molar-refractivity contribution in [1.29, 1.82) is 0 Å². The van der Waals surface area contributed by atoms with Crippen LogP contribution >= 0.6 is 0 Å². The predicted octanol–water partition coefficient (Wildman–Crippen LogP) is 0.462. The van der Waals surface area contributed by atoms with Crippen molar-refractivity contribution in [1.82, 2.24) is 5.43 Å². The van der Waals surface area contributed by atoms with Gasteiger partial charge in [0.15, 0.2) is 9.84 Å². The Morgan fingerprint density at radius 2 is 1.94 bits per heavy atom. The van der Waals surface area contributed by atoms with Crippen LogP contribution in [0.2, 0.25) is 0 Å². The Balaban J connectivity index is 2.27. The molecular weight excluding hydrogens is 238 g/mol. The standard InChI is InChI=1S/C11H15N3O2S/c1-17(15,16)10-6-2-8(3-7-10)11(14-12)13-9-4-5-9/h2-3,6-7,9H,4-5,12H2,1H3,(H,13,14). The summed E-state index contributed by atoms with van der Waals surface area (Å²) in [4.78, 5) is 4.70. The van der Waals surface area contributed by atoms with E-state index in [1.54, 1.807) is 24.3 Å². The molecule has 3 N–H and O–H groups in total. The highest BCUT2D eigenvalue weighted by molar-refractivity contribution is 7.90. The number of nitrogens with zero attached hydrogens (tertiary/aromatic N) is 1. The van der Waals surface area contributed by atoms with E-state index < -0.39 is 9.84 Å². The van der Waals surface area contributed by atoms with Gasteiger partial charge in [-0.15, -0.1) is 0 Å². The monoisotopic (exact) mass is 253 g/mol. The van der Waals surface area contributed by atoms with Crippen LogP contribution in [-0.4, -0.2) is 26.6 Å². The molecule has 1 fully saturated rings. The highest BCUT2D eigenvalue weighted by Crippen LogP contribution is 2.24. The highest BCUT2D eigenvalue weighted by Gasteiger charge is 2.21. The van der Waals surface area contributed by atoms with Crippen molar-refractivity contribution in [2.75, 3.05) is 6.26 Å². The van der Waals surface area contributed by atoms with E-state index in [0.29, 0.717) is 16.8 Å². The van der Waals surface area contributed by atoms with Crippen molar-refractivity contribution in [3.8, 4) is 0 Å². The first-order valence-corrected chi connectivity index (χ1v) is 7.25. The van der Waals surface area contributed by atoms with Crippen molar-refractivity contribution in [2.24, 2.45) is 10.8 Å². The summed E-state index contributed by atoms with van der Waals surface area (Å²) in [5.41, 5.74) is 3.35. The molecule has 0 atom stereocenters.